The van der Waals surface area contributed by atoms with E-state index in [4.69, 9.17) is 10.00 Å². The van der Waals surface area contributed by atoms with Crippen molar-refractivity contribution >= 4 is 11.6 Å². The molecule has 150 valence electrons. The Morgan fingerprint density at radius 2 is 1.93 bits per heavy atom. The minimum Gasteiger partial charge on any atom is -0.482 e. The van der Waals surface area contributed by atoms with Crippen molar-refractivity contribution < 1.29 is 27.8 Å². The molecule has 1 N–H and O–H groups in total. The van der Waals surface area contributed by atoms with Gasteiger partial charge in [0.25, 0.3) is 11.6 Å². The second-order valence-electron chi connectivity index (χ2n) is 6.51. The summed E-state index contributed by atoms with van der Waals surface area (Å²) in [6.45, 7) is 0.986. The number of nitriles is 1. The van der Waals surface area contributed by atoms with Gasteiger partial charge in [-0.2, -0.15) is 28.5 Å². The molecule has 9 heteroatoms. The van der Waals surface area contributed by atoms with E-state index in [9.17, 15) is 23.1 Å². The summed E-state index contributed by atoms with van der Waals surface area (Å²) in [5, 5.41) is 23.1. The number of para-hydroxylation sites is 1. The van der Waals surface area contributed by atoms with Crippen molar-refractivity contribution in [3.8, 4) is 11.8 Å². The fourth-order valence-corrected chi connectivity index (χ4v) is 2.82. The van der Waals surface area contributed by atoms with E-state index in [1.54, 1.807) is 36.4 Å². The number of halogens is 3. The Balaban J connectivity index is 1.87. The molecule has 0 fully saturated rings. The van der Waals surface area contributed by atoms with Crippen LogP contribution in [0.5, 0.6) is 5.75 Å². The Morgan fingerprint density at radius 3 is 2.55 bits per heavy atom. The zero-order chi connectivity index (χ0) is 21.2. The van der Waals surface area contributed by atoms with E-state index >= 15 is 0 Å². The maximum absolute atomic E-state index is 13.6. The smallest absolute Gasteiger partial charge is 0.438 e. The van der Waals surface area contributed by atoms with E-state index in [2.05, 4.69) is 5.10 Å². The Morgan fingerprint density at radius 1 is 1.28 bits per heavy atom. The summed E-state index contributed by atoms with van der Waals surface area (Å²) in [7, 11) is 0. The highest BCUT2D eigenvalue weighted by Crippen LogP contribution is 2.41. The van der Waals surface area contributed by atoms with Crippen LogP contribution in [0.1, 0.15) is 23.1 Å². The third-order valence-corrected chi connectivity index (χ3v) is 4.42. The van der Waals surface area contributed by atoms with Crippen LogP contribution in [0.4, 0.5) is 13.2 Å². The summed E-state index contributed by atoms with van der Waals surface area (Å²) in [6, 6.07) is 14.4. The number of carbonyl (C=O) groups excluding carboxylic acids is 1. The number of amides is 1. The zero-order valence-electron chi connectivity index (χ0n) is 15.3. The number of hydrogen-bond acceptors (Lipinski definition) is 5. The average molecular weight is 403 g/mol. The van der Waals surface area contributed by atoms with Crippen LogP contribution in [0.25, 0.3) is 0 Å². The van der Waals surface area contributed by atoms with Crippen molar-refractivity contribution in [1.82, 2.24) is 5.01 Å². The molecule has 1 aliphatic heterocycles. The van der Waals surface area contributed by atoms with Crippen LogP contribution in [0.3, 0.4) is 0 Å². The van der Waals surface area contributed by atoms with Gasteiger partial charge in [0.1, 0.15) is 11.8 Å². The number of rotatable bonds is 4. The van der Waals surface area contributed by atoms with E-state index < -0.39 is 30.8 Å². The quantitative estimate of drug-likeness (QED) is 0.850. The SMILES string of the molecule is Cc1ccc(C2=NN(C(=O)COc3ccccc3C#N)[C@](O)(C(F)(F)F)C2)cc1. The summed E-state index contributed by atoms with van der Waals surface area (Å²) in [4.78, 5) is 12.5. The Hall–Kier alpha value is -3.38. The van der Waals surface area contributed by atoms with E-state index in [0.29, 0.717) is 5.56 Å². The molecule has 0 aromatic heterocycles. The molecule has 0 radical (unpaired) electrons. The molecule has 6 nitrogen and oxygen atoms in total. The zero-order valence-corrected chi connectivity index (χ0v) is 15.3. The van der Waals surface area contributed by atoms with Gasteiger partial charge in [0.15, 0.2) is 6.61 Å². The Bertz CT molecular complexity index is 997. The summed E-state index contributed by atoms with van der Waals surface area (Å²) in [6.07, 6.45) is -6.04. The molecule has 1 aliphatic rings. The molecular weight excluding hydrogens is 387 g/mol. The molecule has 3 rings (SSSR count). The molecule has 1 heterocycles. The van der Waals surface area contributed by atoms with Crippen molar-refractivity contribution in [2.45, 2.75) is 25.2 Å². The van der Waals surface area contributed by atoms with E-state index in [-0.39, 0.29) is 22.0 Å². The lowest BCUT2D eigenvalue weighted by molar-refractivity contribution is -0.302. The minimum atomic E-state index is -5.14. The summed E-state index contributed by atoms with van der Waals surface area (Å²) in [5.74, 6) is -1.15. The normalized spacial score (nSPS) is 18.9. The van der Waals surface area contributed by atoms with Gasteiger partial charge in [-0.15, -0.1) is 0 Å². The van der Waals surface area contributed by atoms with Crippen LogP contribution >= 0.6 is 0 Å². The molecule has 29 heavy (non-hydrogen) atoms. The number of hydrogen-bond donors (Lipinski definition) is 1. The van der Waals surface area contributed by atoms with Crippen molar-refractivity contribution in [2.75, 3.05) is 6.61 Å². The van der Waals surface area contributed by atoms with Gasteiger partial charge in [-0.1, -0.05) is 42.0 Å². The molecule has 1 atom stereocenters. The molecule has 0 bridgehead atoms. The average Bonchev–Trinajstić information content (AvgIpc) is 3.06. The maximum atomic E-state index is 13.6. The number of aliphatic hydroxyl groups is 1. The second kappa shape index (κ2) is 7.56. The molecule has 2 aromatic carbocycles. The molecule has 0 unspecified atom stereocenters. The minimum absolute atomic E-state index is 0.0111. The Kier molecular flexibility index (Phi) is 5.31. The van der Waals surface area contributed by atoms with Crippen LogP contribution in [0.15, 0.2) is 53.6 Å². The van der Waals surface area contributed by atoms with Gasteiger partial charge in [0.05, 0.1) is 17.7 Å². The second-order valence-corrected chi connectivity index (χ2v) is 6.51. The highest BCUT2D eigenvalue weighted by atomic mass is 19.4. The number of ether oxygens (including phenoxy) is 1. The Labute approximate surface area is 164 Å². The number of nitrogens with zero attached hydrogens (tertiary/aromatic N) is 3. The third kappa shape index (κ3) is 3.93. The van der Waals surface area contributed by atoms with E-state index in [1.165, 1.54) is 12.1 Å². The summed E-state index contributed by atoms with van der Waals surface area (Å²) >= 11 is 0. The van der Waals surface area contributed by atoms with Crippen molar-refractivity contribution in [3.05, 3.63) is 65.2 Å². The monoisotopic (exact) mass is 403 g/mol. The largest absolute Gasteiger partial charge is 0.482 e. The first-order valence-electron chi connectivity index (χ1n) is 8.54. The lowest BCUT2D eigenvalue weighted by atomic mass is 10.00. The first-order valence-corrected chi connectivity index (χ1v) is 8.54. The van der Waals surface area contributed by atoms with Gasteiger partial charge in [0.2, 0.25) is 0 Å². The molecule has 0 aliphatic carbocycles. The number of aryl methyl sites for hydroxylation is 1. The van der Waals surface area contributed by atoms with Crippen molar-refractivity contribution in [3.63, 3.8) is 0 Å². The van der Waals surface area contributed by atoms with Gasteiger partial charge in [-0.3, -0.25) is 4.79 Å². The molecule has 0 spiro atoms. The topological polar surface area (TPSA) is 85.9 Å². The van der Waals surface area contributed by atoms with E-state index in [1.807, 2.05) is 13.0 Å². The van der Waals surface area contributed by atoms with Gasteiger partial charge < -0.3 is 9.84 Å². The lowest BCUT2D eigenvalue weighted by Crippen LogP contribution is -2.57. The van der Waals surface area contributed by atoms with Crippen LogP contribution in [0.2, 0.25) is 0 Å². The number of alkyl halides is 3. The first kappa shape index (κ1) is 20.4. The number of hydrazone groups is 1. The molecule has 0 saturated heterocycles. The van der Waals surface area contributed by atoms with Gasteiger partial charge in [-0.25, -0.2) is 0 Å². The van der Waals surface area contributed by atoms with Gasteiger partial charge in [-0.05, 0) is 24.6 Å². The summed E-state index contributed by atoms with van der Waals surface area (Å²) in [5.41, 5.74) is -2.17. The van der Waals surface area contributed by atoms with Gasteiger partial charge >= 0.3 is 6.18 Å². The fourth-order valence-electron chi connectivity index (χ4n) is 2.82. The molecule has 0 saturated carbocycles. The first-order chi connectivity index (χ1) is 13.7. The van der Waals surface area contributed by atoms with Crippen LogP contribution in [-0.2, 0) is 4.79 Å². The predicted octanol–water partition coefficient (Wildman–Crippen LogP) is 3.13. The van der Waals surface area contributed by atoms with Gasteiger partial charge in [0, 0.05) is 0 Å². The van der Waals surface area contributed by atoms with Crippen LogP contribution in [-0.4, -0.2) is 40.2 Å². The fraction of sp³-hybridized carbons (Fsp3) is 0.250. The van der Waals surface area contributed by atoms with Crippen LogP contribution < -0.4 is 4.74 Å². The maximum Gasteiger partial charge on any atom is 0.438 e. The molecular formula is C20H16F3N3O3. The lowest BCUT2D eigenvalue weighted by Gasteiger charge is -2.32. The standard InChI is InChI=1S/C20H16F3N3O3/c1-13-6-8-14(9-7-13)16-10-19(28,20(21,22)23)26(25-16)18(27)12-29-17-5-3-2-4-15(17)11-24/h2-9,28H,10,12H2,1H3/t19-/m1/s1. The molecule has 1 amide bonds. The predicted molar refractivity (Wildman–Crippen MR) is 96.8 cm³/mol. The summed E-state index contributed by atoms with van der Waals surface area (Å²) < 4.78 is 46.0. The van der Waals surface area contributed by atoms with Crippen molar-refractivity contribution in [1.29, 1.82) is 5.26 Å². The number of carbonyl (C=O) groups is 1. The van der Waals surface area contributed by atoms with Crippen molar-refractivity contribution in [2.24, 2.45) is 5.10 Å². The third-order valence-electron chi connectivity index (χ3n) is 4.42. The van der Waals surface area contributed by atoms with Crippen LogP contribution in [0, 0.1) is 18.3 Å². The van der Waals surface area contributed by atoms with E-state index in [0.717, 1.165) is 5.56 Å². The number of benzene rings is 2. The molecule has 2 aromatic rings. The highest BCUT2D eigenvalue weighted by molar-refractivity contribution is 6.03. The highest BCUT2D eigenvalue weighted by Gasteiger charge is 2.63.